The van der Waals surface area contributed by atoms with Gasteiger partial charge in [-0.3, -0.25) is 0 Å². The molecule has 34 heavy (non-hydrogen) atoms. The Hall–Kier alpha value is -3.63. The zero-order valence-electron chi connectivity index (χ0n) is 19.2. The summed E-state index contributed by atoms with van der Waals surface area (Å²) in [6.45, 7) is 4.32. The van der Waals surface area contributed by atoms with Gasteiger partial charge in [-0.05, 0) is 50.2 Å². The van der Waals surface area contributed by atoms with E-state index in [2.05, 4.69) is 25.5 Å². The van der Waals surface area contributed by atoms with E-state index in [1.54, 1.807) is 31.2 Å². The van der Waals surface area contributed by atoms with Gasteiger partial charge < -0.3 is 15.5 Å². The van der Waals surface area contributed by atoms with Gasteiger partial charge in [-0.2, -0.15) is 0 Å². The molecule has 0 bridgehead atoms. The number of nitrogens with zero attached hydrogens (tertiary/aromatic N) is 4. The molecule has 0 saturated heterocycles. The molecule has 0 aliphatic rings. The lowest BCUT2D eigenvalue weighted by molar-refractivity contribution is 0.581. The van der Waals surface area contributed by atoms with Crippen LogP contribution in [0.4, 0.5) is 5.82 Å². The number of nitrogens with one attached hydrogen (secondary N) is 1. The van der Waals surface area contributed by atoms with Crippen molar-refractivity contribution in [3.05, 3.63) is 60.3 Å². The quantitative estimate of drug-likeness (QED) is 0.388. The molecule has 4 rings (SSSR count). The first-order valence-electron chi connectivity index (χ1n) is 10.9. The van der Waals surface area contributed by atoms with Crippen molar-refractivity contribution in [1.29, 1.82) is 0 Å². The molecule has 0 saturated carbocycles. The Bertz CT molecular complexity index is 1380. The number of nitrogen functional groups attached to an aromatic ring is 1. The average molecular weight is 479 g/mol. The lowest BCUT2D eigenvalue weighted by Crippen LogP contribution is -2.16. The van der Waals surface area contributed by atoms with Crippen LogP contribution in [0.2, 0.25) is 0 Å². The summed E-state index contributed by atoms with van der Waals surface area (Å²) in [4.78, 5) is 9.06. The maximum atomic E-state index is 12.6. The number of sulfone groups is 1. The van der Waals surface area contributed by atoms with E-state index in [1.807, 2.05) is 38.2 Å². The number of hydrogen-bond donors (Lipinski definition) is 2. The summed E-state index contributed by atoms with van der Waals surface area (Å²) >= 11 is 0. The van der Waals surface area contributed by atoms with Crippen molar-refractivity contribution < 1.29 is 12.8 Å². The molecular weight excluding hydrogens is 452 g/mol. The van der Waals surface area contributed by atoms with Crippen molar-refractivity contribution in [1.82, 2.24) is 25.5 Å². The minimum atomic E-state index is -3.37. The number of hydrogen-bond acceptors (Lipinski definition) is 9. The summed E-state index contributed by atoms with van der Waals surface area (Å²) in [6, 6.07) is 14.3. The first-order chi connectivity index (χ1) is 16.3. The SMILES string of the molecule is CCC(C)S(=O)(=O)c1ccc(-c2cnc(N)c(-c3nnc(-c4ccc(CNC)cc4)o3)n2)cc1. The van der Waals surface area contributed by atoms with E-state index in [1.165, 1.54) is 6.20 Å². The molecule has 0 amide bonds. The second kappa shape index (κ2) is 9.70. The highest BCUT2D eigenvalue weighted by Gasteiger charge is 2.22. The third-order valence-corrected chi connectivity index (χ3v) is 7.92. The summed E-state index contributed by atoms with van der Waals surface area (Å²) in [7, 11) is -1.48. The summed E-state index contributed by atoms with van der Waals surface area (Å²) < 4.78 is 31.0. The molecule has 2 aromatic carbocycles. The summed E-state index contributed by atoms with van der Waals surface area (Å²) in [5.74, 6) is 0.647. The van der Waals surface area contributed by atoms with Crippen LogP contribution in [0.3, 0.4) is 0 Å². The van der Waals surface area contributed by atoms with Crippen LogP contribution in [0.1, 0.15) is 25.8 Å². The molecule has 4 aromatic rings. The highest BCUT2D eigenvalue weighted by molar-refractivity contribution is 7.92. The van der Waals surface area contributed by atoms with E-state index >= 15 is 0 Å². The zero-order valence-corrected chi connectivity index (χ0v) is 20.0. The van der Waals surface area contributed by atoms with Crippen molar-refractivity contribution in [2.75, 3.05) is 12.8 Å². The van der Waals surface area contributed by atoms with Crippen LogP contribution in [-0.4, -0.2) is 40.9 Å². The minimum Gasteiger partial charge on any atom is -0.414 e. The van der Waals surface area contributed by atoms with E-state index in [9.17, 15) is 8.42 Å². The van der Waals surface area contributed by atoms with Gasteiger partial charge in [0.1, 0.15) is 0 Å². The van der Waals surface area contributed by atoms with Crippen molar-refractivity contribution in [3.8, 4) is 34.3 Å². The number of anilines is 1. The number of nitrogens with two attached hydrogens (primary N) is 1. The Morgan fingerprint density at radius 3 is 2.29 bits per heavy atom. The molecule has 9 nitrogen and oxygen atoms in total. The fourth-order valence-electron chi connectivity index (χ4n) is 3.37. The minimum absolute atomic E-state index is 0.150. The summed E-state index contributed by atoms with van der Waals surface area (Å²) in [5, 5.41) is 10.9. The van der Waals surface area contributed by atoms with E-state index in [0.717, 1.165) is 17.7 Å². The van der Waals surface area contributed by atoms with E-state index in [4.69, 9.17) is 10.2 Å². The fourth-order valence-corrected chi connectivity index (χ4v) is 4.79. The molecule has 0 aliphatic heterocycles. The molecule has 0 fully saturated rings. The fraction of sp³-hybridized carbons (Fsp3) is 0.250. The van der Waals surface area contributed by atoms with E-state index in [-0.39, 0.29) is 22.3 Å². The van der Waals surface area contributed by atoms with Gasteiger partial charge in [-0.25, -0.2) is 18.4 Å². The molecule has 0 aliphatic carbocycles. The Labute approximate surface area is 198 Å². The molecule has 1 atom stereocenters. The van der Waals surface area contributed by atoms with Gasteiger partial charge in [0, 0.05) is 17.7 Å². The second-order valence-electron chi connectivity index (χ2n) is 7.92. The van der Waals surface area contributed by atoms with Gasteiger partial charge >= 0.3 is 0 Å². The third kappa shape index (κ3) is 4.68. The number of rotatable bonds is 8. The molecule has 176 valence electrons. The van der Waals surface area contributed by atoms with Gasteiger partial charge in [0.05, 0.1) is 22.0 Å². The van der Waals surface area contributed by atoms with Crippen LogP contribution < -0.4 is 11.1 Å². The summed E-state index contributed by atoms with van der Waals surface area (Å²) in [5.41, 5.74) is 9.42. The Balaban J connectivity index is 1.62. The number of aromatic nitrogens is 4. The monoisotopic (exact) mass is 478 g/mol. The molecule has 3 N–H and O–H groups in total. The third-order valence-electron chi connectivity index (χ3n) is 5.59. The maximum Gasteiger partial charge on any atom is 0.270 e. The first kappa shape index (κ1) is 23.5. The Morgan fingerprint density at radius 1 is 1.00 bits per heavy atom. The molecule has 0 spiro atoms. The molecule has 10 heteroatoms. The van der Waals surface area contributed by atoms with Crippen molar-refractivity contribution in [2.24, 2.45) is 0 Å². The predicted octanol–water partition coefficient (Wildman–Crippen LogP) is 3.73. The van der Waals surface area contributed by atoms with Crippen LogP contribution in [0.25, 0.3) is 34.3 Å². The molecule has 0 radical (unpaired) electrons. The van der Waals surface area contributed by atoms with Crippen LogP contribution in [0.15, 0.2) is 64.0 Å². The lowest BCUT2D eigenvalue weighted by atomic mass is 10.1. The largest absolute Gasteiger partial charge is 0.414 e. The van der Waals surface area contributed by atoms with Crippen LogP contribution in [0.5, 0.6) is 0 Å². The van der Waals surface area contributed by atoms with E-state index in [0.29, 0.717) is 23.6 Å². The first-order valence-corrected chi connectivity index (χ1v) is 12.4. The van der Waals surface area contributed by atoms with Gasteiger partial charge in [0.25, 0.3) is 5.89 Å². The molecular formula is C24H26N6O3S. The lowest BCUT2D eigenvalue weighted by Gasteiger charge is -2.11. The number of benzene rings is 2. The van der Waals surface area contributed by atoms with Gasteiger partial charge in [0.15, 0.2) is 21.3 Å². The smallest absolute Gasteiger partial charge is 0.270 e. The zero-order chi connectivity index (χ0) is 24.3. The van der Waals surface area contributed by atoms with E-state index < -0.39 is 15.1 Å². The molecule has 2 aromatic heterocycles. The van der Waals surface area contributed by atoms with Crippen molar-refractivity contribution in [3.63, 3.8) is 0 Å². The van der Waals surface area contributed by atoms with Crippen molar-refractivity contribution >= 4 is 15.7 Å². The topological polar surface area (TPSA) is 137 Å². The van der Waals surface area contributed by atoms with Crippen LogP contribution >= 0.6 is 0 Å². The highest BCUT2D eigenvalue weighted by atomic mass is 32.2. The maximum absolute atomic E-state index is 12.6. The standard InChI is InChI=1S/C24H26N6O3S/c1-4-15(2)34(31,32)19-11-9-17(10-12-19)20-14-27-22(25)21(28-20)24-30-29-23(33-24)18-7-5-16(6-8-18)13-26-3/h5-12,14-15,26H,4,13H2,1-3H3,(H2,25,27). The Kier molecular flexibility index (Phi) is 6.71. The Morgan fingerprint density at radius 2 is 1.65 bits per heavy atom. The molecule has 2 heterocycles. The van der Waals surface area contributed by atoms with Crippen molar-refractivity contribution in [2.45, 2.75) is 37.0 Å². The van der Waals surface area contributed by atoms with Gasteiger partial charge in [0.2, 0.25) is 5.89 Å². The van der Waals surface area contributed by atoms with Gasteiger partial charge in [-0.1, -0.05) is 31.2 Å². The van der Waals surface area contributed by atoms with Gasteiger partial charge in [-0.15, -0.1) is 10.2 Å². The normalized spacial score (nSPS) is 12.6. The second-order valence-corrected chi connectivity index (χ2v) is 10.3. The highest BCUT2D eigenvalue weighted by Crippen LogP contribution is 2.29. The average Bonchev–Trinajstić information content (AvgIpc) is 3.34. The van der Waals surface area contributed by atoms with Crippen LogP contribution in [-0.2, 0) is 16.4 Å². The predicted molar refractivity (Wildman–Crippen MR) is 130 cm³/mol. The molecule has 1 unspecified atom stereocenters. The summed E-state index contributed by atoms with van der Waals surface area (Å²) in [6.07, 6.45) is 2.07. The van der Waals surface area contributed by atoms with Crippen LogP contribution in [0, 0.1) is 0 Å².